The molecule has 0 atom stereocenters. The van der Waals surface area contributed by atoms with Gasteiger partial charge in [0, 0.05) is 19.0 Å². The first-order valence-corrected chi connectivity index (χ1v) is 5.02. The largest absolute Gasteiger partial charge is 0.231 e. The van der Waals surface area contributed by atoms with Crippen molar-refractivity contribution in [2.24, 2.45) is 5.92 Å². The van der Waals surface area contributed by atoms with Crippen molar-refractivity contribution < 1.29 is 8.42 Å². The van der Waals surface area contributed by atoms with E-state index in [0.717, 1.165) is 12.8 Å². The molecule has 0 spiro atoms. The van der Waals surface area contributed by atoms with Gasteiger partial charge in [0.05, 0.1) is 0 Å². The second kappa shape index (κ2) is 4.45. The van der Waals surface area contributed by atoms with Crippen molar-refractivity contribution in [3.8, 4) is 12.3 Å². The molecule has 0 saturated carbocycles. The van der Waals surface area contributed by atoms with Crippen LogP contribution in [-0.2, 0) is 10.9 Å². The van der Waals surface area contributed by atoms with Crippen LogP contribution in [0.4, 0.5) is 0 Å². The molecule has 0 bridgehead atoms. The Labute approximate surface area is 74.0 Å². The number of hydrazine groups is 1. The Bertz CT molecular complexity index is 241. The number of piperidine rings is 1. The third-order valence-electron chi connectivity index (χ3n) is 1.95. The van der Waals surface area contributed by atoms with Gasteiger partial charge >= 0.3 is 0 Å². The van der Waals surface area contributed by atoms with Gasteiger partial charge in [-0.05, 0) is 12.8 Å². The van der Waals surface area contributed by atoms with Gasteiger partial charge < -0.3 is 0 Å². The third-order valence-corrected chi connectivity index (χ3v) is 2.40. The van der Waals surface area contributed by atoms with E-state index in [-0.39, 0.29) is 0 Å². The molecular weight excluding hydrogens is 176 g/mol. The fraction of sp³-hybridized carbons (Fsp3) is 0.714. The average molecular weight is 188 g/mol. The smallest absolute Gasteiger partial charge is 0.214 e. The predicted molar refractivity (Wildman–Crippen MR) is 46.6 cm³/mol. The second-order valence-electron chi connectivity index (χ2n) is 2.79. The van der Waals surface area contributed by atoms with Crippen LogP contribution in [0.2, 0.25) is 0 Å². The number of rotatable bonds is 2. The number of terminal acetylenes is 1. The lowest BCUT2D eigenvalue weighted by Gasteiger charge is -2.27. The molecular formula is C7H12N2O2S. The van der Waals surface area contributed by atoms with Gasteiger partial charge in [0.15, 0.2) is 0 Å². The van der Waals surface area contributed by atoms with Gasteiger partial charge in [-0.25, -0.2) is 13.4 Å². The summed E-state index contributed by atoms with van der Waals surface area (Å²) in [7, 11) is -2.52. The molecule has 1 aliphatic rings. The lowest BCUT2D eigenvalue weighted by atomic mass is 9.99. The molecule has 0 aliphatic carbocycles. The molecule has 12 heavy (non-hydrogen) atoms. The molecule has 0 aromatic rings. The van der Waals surface area contributed by atoms with Crippen LogP contribution in [0.25, 0.3) is 0 Å². The van der Waals surface area contributed by atoms with E-state index >= 15 is 0 Å². The van der Waals surface area contributed by atoms with E-state index in [1.54, 1.807) is 5.01 Å². The third kappa shape index (κ3) is 2.81. The zero-order valence-corrected chi connectivity index (χ0v) is 7.59. The summed E-state index contributed by atoms with van der Waals surface area (Å²) in [5, 5.41) is 1.68. The predicted octanol–water partition coefficient (Wildman–Crippen LogP) is -0.637. The highest BCUT2D eigenvalue weighted by Gasteiger charge is 2.16. The molecule has 1 saturated heterocycles. The number of nitrogens with zero attached hydrogens (tertiary/aromatic N) is 1. The average Bonchev–Trinajstić information content (AvgIpc) is 2.05. The van der Waals surface area contributed by atoms with Crippen LogP contribution in [-0.4, -0.2) is 26.5 Å². The van der Waals surface area contributed by atoms with E-state index in [4.69, 9.17) is 6.42 Å². The minimum Gasteiger partial charge on any atom is -0.231 e. The Balaban J connectivity index is 2.32. The van der Waals surface area contributed by atoms with Crippen LogP contribution in [0, 0.1) is 18.3 Å². The van der Waals surface area contributed by atoms with Gasteiger partial charge in [-0.1, -0.05) is 0 Å². The standard InChI is InChI=1S/C7H12N2O2S/c1-2-7-3-5-9(6-4-7)8-12(10)11/h1,7,12H,3-6H2,(H,8,10,11). The summed E-state index contributed by atoms with van der Waals surface area (Å²) in [4.78, 5) is 2.34. The molecule has 0 unspecified atom stereocenters. The fourth-order valence-electron chi connectivity index (χ4n) is 1.26. The van der Waals surface area contributed by atoms with E-state index < -0.39 is 10.9 Å². The minimum absolute atomic E-state index is 0.313. The number of thiol groups is 1. The van der Waals surface area contributed by atoms with Crippen molar-refractivity contribution in [2.45, 2.75) is 12.8 Å². The van der Waals surface area contributed by atoms with E-state index in [0.29, 0.717) is 19.0 Å². The van der Waals surface area contributed by atoms with E-state index in [9.17, 15) is 8.42 Å². The van der Waals surface area contributed by atoms with Gasteiger partial charge in [0.2, 0.25) is 10.9 Å². The lowest BCUT2D eigenvalue weighted by molar-refractivity contribution is 0.182. The Morgan fingerprint density at radius 3 is 2.42 bits per heavy atom. The van der Waals surface area contributed by atoms with Crippen molar-refractivity contribution in [2.75, 3.05) is 13.1 Å². The summed E-state index contributed by atoms with van der Waals surface area (Å²) in [6.45, 7) is 1.41. The molecule has 68 valence electrons. The number of hydrogen-bond donors (Lipinski definition) is 2. The van der Waals surface area contributed by atoms with Crippen LogP contribution in [0.1, 0.15) is 12.8 Å². The van der Waals surface area contributed by atoms with Crippen LogP contribution in [0.3, 0.4) is 0 Å². The van der Waals surface area contributed by atoms with Crippen LogP contribution < -0.4 is 4.83 Å². The summed E-state index contributed by atoms with van der Waals surface area (Å²) in [5.41, 5.74) is 0. The molecule has 1 N–H and O–H groups in total. The van der Waals surface area contributed by atoms with E-state index in [1.807, 2.05) is 0 Å². The summed E-state index contributed by atoms with van der Waals surface area (Å²) in [6, 6.07) is 0. The Morgan fingerprint density at radius 2 is 2.00 bits per heavy atom. The Kier molecular flexibility index (Phi) is 3.53. The molecule has 4 nitrogen and oxygen atoms in total. The highest BCUT2D eigenvalue weighted by Crippen LogP contribution is 2.13. The Morgan fingerprint density at radius 1 is 1.42 bits per heavy atom. The lowest BCUT2D eigenvalue weighted by Crippen LogP contribution is -2.42. The van der Waals surface area contributed by atoms with E-state index in [2.05, 4.69) is 10.8 Å². The maximum atomic E-state index is 10.3. The van der Waals surface area contributed by atoms with Crippen molar-refractivity contribution in [1.82, 2.24) is 9.84 Å². The van der Waals surface area contributed by atoms with Crippen molar-refractivity contribution in [1.29, 1.82) is 0 Å². The van der Waals surface area contributed by atoms with Gasteiger partial charge in [0.1, 0.15) is 0 Å². The zero-order valence-electron chi connectivity index (χ0n) is 6.69. The zero-order chi connectivity index (χ0) is 8.97. The second-order valence-corrected chi connectivity index (χ2v) is 3.50. The fourth-order valence-corrected chi connectivity index (χ4v) is 1.69. The number of hydrogen-bond acceptors (Lipinski definition) is 3. The summed E-state index contributed by atoms with van der Waals surface area (Å²) >= 11 is 0. The SMILES string of the molecule is C#CC1CCN(N[SH](=O)=O)CC1. The van der Waals surface area contributed by atoms with E-state index in [1.165, 1.54) is 0 Å². The van der Waals surface area contributed by atoms with Crippen LogP contribution in [0.15, 0.2) is 0 Å². The topological polar surface area (TPSA) is 49.4 Å². The summed E-state index contributed by atoms with van der Waals surface area (Å²) in [6.07, 6.45) is 6.98. The normalized spacial score (nSPS) is 21.0. The first-order chi connectivity index (χ1) is 5.72. The van der Waals surface area contributed by atoms with Crippen molar-refractivity contribution >= 4 is 10.9 Å². The minimum atomic E-state index is -2.52. The summed E-state index contributed by atoms with van der Waals surface area (Å²) < 4.78 is 20.5. The highest BCUT2D eigenvalue weighted by molar-refractivity contribution is 7.70. The van der Waals surface area contributed by atoms with Gasteiger partial charge in [-0.2, -0.15) is 4.83 Å². The molecule has 1 rings (SSSR count). The maximum absolute atomic E-state index is 10.3. The molecule has 0 aromatic carbocycles. The van der Waals surface area contributed by atoms with Gasteiger partial charge in [-0.3, -0.25) is 0 Å². The molecule has 1 fully saturated rings. The molecule has 5 heteroatoms. The molecule has 0 amide bonds. The van der Waals surface area contributed by atoms with Crippen LogP contribution >= 0.6 is 0 Å². The first kappa shape index (κ1) is 9.52. The number of nitrogens with one attached hydrogen (secondary N) is 1. The van der Waals surface area contributed by atoms with Crippen LogP contribution in [0.5, 0.6) is 0 Å². The monoisotopic (exact) mass is 188 g/mol. The van der Waals surface area contributed by atoms with Gasteiger partial charge in [-0.15, -0.1) is 12.3 Å². The molecule has 0 radical (unpaired) electrons. The highest BCUT2D eigenvalue weighted by atomic mass is 32.2. The molecule has 1 aliphatic heterocycles. The van der Waals surface area contributed by atoms with Crippen molar-refractivity contribution in [3.63, 3.8) is 0 Å². The first-order valence-electron chi connectivity index (χ1n) is 3.84. The maximum Gasteiger partial charge on any atom is 0.214 e. The quantitative estimate of drug-likeness (QED) is 0.448. The van der Waals surface area contributed by atoms with Crippen molar-refractivity contribution in [3.05, 3.63) is 0 Å². The summed E-state index contributed by atoms with van der Waals surface area (Å²) in [5.74, 6) is 2.98. The molecule has 0 aromatic heterocycles. The Hall–Kier alpha value is -0.570. The molecule has 1 heterocycles. The van der Waals surface area contributed by atoms with Gasteiger partial charge in [0.25, 0.3) is 0 Å².